The normalized spacial score (nSPS) is 19.8. The van der Waals surface area contributed by atoms with Gasteiger partial charge in [0.2, 0.25) is 17.7 Å². The molecule has 242 valence electrons. The molecule has 0 unspecified atom stereocenters. The first-order chi connectivity index (χ1) is 23.2. The van der Waals surface area contributed by atoms with Crippen LogP contribution < -0.4 is 5.32 Å². The number of nitrogens with one attached hydrogen (secondary N) is 1. The van der Waals surface area contributed by atoms with Crippen molar-refractivity contribution in [2.45, 2.75) is 52.4 Å². The fourth-order valence-corrected chi connectivity index (χ4v) is 7.70. The van der Waals surface area contributed by atoms with Gasteiger partial charge in [-0.05, 0) is 85.8 Å². The van der Waals surface area contributed by atoms with Crippen molar-refractivity contribution in [1.29, 1.82) is 5.26 Å². The van der Waals surface area contributed by atoms with E-state index in [1.54, 1.807) is 11.9 Å². The van der Waals surface area contributed by atoms with Crippen LogP contribution in [0.4, 0.5) is 0 Å². The zero-order chi connectivity index (χ0) is 33.3. The second kappa shape index (κ2) is 11.1. The Kier molecular flexibility index (Phi) is 6.98. The highest BCUT2D eigenvalue weighted by atomic mass is 16.4. The van der Waals surface area contributed by atoms with Crippen LogP contribution in [0.2, 0.25) is 0 Å². The Bertz CT molecular complexity index is 2160. The van der Waals surface area contributed by atoms with E-state index >= 15 is 0 Å². The number of aliphatic carboxylic acids is 1. The van der Waals surface area contributed by atoms with Crippen molar-refractivity contribution in [2.75, 3.05) is 20.1 Å². The van der Waals surface area contributed by atoms with E-state index in [0.29, 0.717) is 67.5 Å². The van der Waals surface area contributed by atoms with Crippen LogP contribution in [0.1, 0.15) is 46.5 Å². The van der Waals surface area contributed by atoms with Gasteiger partial charge in [-0.3, -0.25) is 14.5 Å². The van der Waals surface area contributed by atoms with Crippen molar-refractivity contribution >= 4 is 23.0 Å². The van der Waals surface area contributed by atoms with E-state index in [9.17, 15) is 20.0 Å². The van der Waals surface area contributed by atoms with E-state index in [1.807, 2.05) is 43.3 Å². The largest absolute Gasteiger partial charge is 0.481 e. The van der Waals surface area contributed by atoms with Gasteiger partial charge in [-0.1, -0.05) is 24.3 Å². The molecule has 11 nitrogen and oxygen atoms in total. The molecular weight excluding hydrogens is 608 g/mol. The van der Waals surface area contributed by atoms with Crippen LogP contribution in [-0.2, 0) is 29.2 Å². The number of carboxylic acid groups (broad SMARTS) is 1. The molecule has 9 rings (SSSR count). The first kappa shape index (κ1) is 30.1. The Labute approximate surface area is 276 Å². The Hall–Kier alpha value is -5.31. The highest BCUT2D eigenvalue weighted by Crippen LogP contribution is 2.52. The van der Waals surface area contributed by atoms with Gasteiger partial charge in [0, 0.05) is 30.3 Å². The van der Waals surface area contributed by atoms with Crippen LogP contribution in [-0.4, -0.2) is 62.9 Å². The lowest BCUT2D eigenvalue weighted by Crippen LogP contribution is -2.40. The van der Waals surface area contributed by atoms with Gasteiger partial charge in [-0.2, -0.15) is 5.26 Å². The van der Waals surface area contributed by atoms with Crippen LogP contribution in [0, 0.1) is 30.6 Å². The second-order valence-corrected chi connectivity index (χ2v) is 13.3. The third-order valence-electron chi connectivity index (χ3n) is 10.3. The van der Waals surface area contributed by atoms with Crippen molar-refractivity contribution in [3.8, 4) is 40.1 Å². The highest BCUT2D eigenvalue weighted by molar-refractivity contribution is 5.86. The van der Waals surface area contributed by atoms with Crippen LogP contribution >= 0.6 is 0 Å². The molecule has 0 radical (unpaired) electrons. The van der Waals surface area contributed by atoms with E-state index in [-0.39, 0.29) is 18.5 Å². The SMILES string of the molecule is CNCC(=O)N1Cc2nc(-c3cccc(-c4cccc(-c5nc6cc(CN7CC8(C(=O)O)CC7C8)cc(C#N)c6o5)c4C)c3C)oc2C1. The third-order valence-corrected chi connectivity index (χ3v) is 10.3. The van der Waals surface area contributed by atoms with Crippen molar-refractivity contribution in [3.05, 3.63) is 82.2 Å². The van der Waals surface area contributed by atoms with Crippen LogP contribution in [0.5, 0.6) is 0 Å². The van der Waals surface area contributed by atoms with Crippen molar-refractivity contribution in [2.24, 2.45) is 5.41 Å². The molecule has 11 heteroatoms. The summed E-state index contributed by atoms with van der Waals surface area (Å²) in [5.41, 5.74) is 8.26. The summed E-state index contributed by atoms with van der Waals surface area (Å²) in [6.07, 6.45) is 1.36. The fourth-order valence-electron chi connectivity index (χ4n) is 7.70. The maximum absolute atomic E-state index is 12.3. The van der Waals surface area contributed by atoms with Crippen LogP contribution in [0.3, 0.4) is 0 Å². The van der Waals surface area contributed by atoms with Gasteiger partial charge >= 0.3 is 5.97 Å². The minimum absolute atomic E-state index is 0.0119. The lowest BCUT2D eigenvalue weighted by Gasteiger charge is -2.33. The number of nitriles is 1. The molecule has 3 aromatic carbocycles. The summed E-state index contributed by atoms with van der Waals surface area (Å²) in [5.74, 6) is 0.980. The smallest absolute Gasteiger partial charge is 0.311 e. The molecule has 2 bridgehead atoms. The number of fused-ring (bicyclic) bond motifs is 3. The molecule has 1 amide bonds. The van der Waals surface area contributed by atoms with Gasteiger partial charge in [0.1, 0.15) is 23.0 Å². The molecule has 4 aliphatic rings. The van der Waals surface area contributed by atoms with Gasteiger partial charge in [0.05, 0.1) is 30.6 Å². The summed E-state index contributed by atoms with van der Waals surface area (Å²) in [5, 5.41) is 22.6. The summed E-state index contributed by atoms with van der Waals surface area (Å²) < 4.78 is 12.5. The Morgan fingerprint density at radius 3 is 2.27 bits per heavy atom. The fraction of sp³-hybridized carbons (Fsp3) is 0.324. The summed E-state index contributed by atoms with van der Waals surface area (Å²) >= 11 is 0. The molecule has 2 N–H and O–H groups in total. The number of carbonyl (C=O) groups excluding carboxylic acids is 1. The quantitative estimate of drug-likeness (QED) is 0.225. The Balaban J connectivity index is 1.09. The molecule has 0 spiro atoms. The number of rotatable bonds is 8. The molecule has 5 aromatic rings. The monoisotopic (exact) mass is 642 g/mol. The van der Waals surface area contributed by atoms with Gasteiger partial charge < -0.3 is 24.2 Å². The number of carbonyl (C=O) groups is 2. The van der Waals surface area contributed by atoms with Crippen LogP contribution in [0.25, 0.3) is 45.1 Å². The lowest BCUT2D eigenvalue weighted by molar-refractivity contribution is -0.151. The number of hydrogen-bond donors (Lipinski definition) is 2. The standard InChI is InChI=1S/C37H34N6O5/c1-20-25(6-4-8-27(20)34-41-30-17-42(18-31(30)47-34)32(44)15-39-3)26-7-5-9-28(21(26)2)35-40-29-11-22(10-23(14-38)33(29)48-35)16-43-19-37(36(45)46)12-24(43)13-37/h4-11,24,39H,12-13,15-19H2,1-3H3,(H,45,46). The molecule has 3 aliphatic heterocycles. The van der Waals surface area contributed by atoms with Gasteiger partial charge in [0.15, 0.2) is 5.58 Å². The zero-order valence-corrected chi connectivity index (χ0v) is 27.0. The first-order valence-electron chi connectivity index (χ1n) is 16.1. The van der Waals surface area contributed by atoms with E-state index in [2.05, 4.69) is 35.3 Å². The number of aromatic nitrogens is 2. The topological polar surface area (TPSA) is 149 Å². The summed E-state index contributed by atoms with van der Waals surface area (Å²) in [6.45, 7) is 6.30. The predicted octanol–water partition coefficient (Wildman–Crippen LogP) is 5.42. The molecule has 5 heterocycles. The maximum Gasteiger partial charge on any atom is 0.311 e. The maximum atomic E-state index is 12.3. The predicted molar refractivity (Wildman–Crippen MR) is 176 cm³/mol. The van der Waals surface area contributed by atoms with E-state index in [1.165, 1.54) is 0 Å². The number of hydrogen-bond acceptors (Lipinski definition) is 9. The lowest BCUT2D eigenvalue weighted by atomic mass is 9.70. The Morgan fingerprint density at radius 2 is 1.67 bits per heavy atom. The molecule has 1 saturated carbocycles. The third kappa shape index (κ3) is 4.71. The summed E-state index contributed by atoms with van der Waals surface area (Å²) in [7, 11) is 1.75. The molecule has 1 aliphatic carbocycles. The molecule has 2 aromatic heterocycles. The number of benzene rings is 3. The Morgan fingerprint density at radius 1 is 1.00 bits per heavy atom. The van der Waals surface area contributed by atoms with E-state index < -0.39 is 11.4 Å². The number of oxazole rings is 2. The second-order valence-electron chi connectivity index (χ2n) is 13.3. The summed E-state index contributed by atoms with van der Waals surface area (Å²) in [4.78, 5) is 37.7. The zero-order valence-electron chi connectivity index (χ0n) is 27.0. The minimum atomic E-state index is -0.720. The van der Waals surface area contributed by atoms with Crippen LogP contribution in [0.15, 0.2) is 57.4 Å². The molecular formula is C37H34N6O5. The number of nitrogens with zero attached hydrogens (tertiary/aromatic N) is 5. The van der Waals surface area contributed by atoms with Crippen molar-refractivity contribution in [3.63, 3.8) is 0 Å². The number of amides is 1. The number of likely N-dealkylation sites (N-methyl/N-ethyl adjacent to an activating group) is 1. The minimum Gasteiger partial charge on any atom is -0.481 e. The van der Waals surface area contributed by atoms with Gasteiger partial charge in [-0.25, -0.2) is 9.97 Å². The molecule has 0 atom stereocenters. The van der Waals surface area contributed by atoms with Gasteiger partial charge in [-0.15, -0.1) is 0 Å². The number of carboxylic acids is 1. The first-order valence-corrected chi connectivity index (χ1v) is 16.1. The van der Waals surface area contributed by atoms with E-state index in [4.69, 9.17) is 18.8 Å². The average molecular weight is 643 g/mol. The highest BCUT2D eigenvalue weighted by Gasteiger charge is 2.59. The molecule has 2 saturated heterocycles. The van der Waals surface area contributed by atoms with E-state index in [0.717, 1.165) is 50.4 Å². The molecule has 3 fully saturated rings. The summed E-state index contributed by atoms with van der Waals surface area (Å²) in [6, 6.07) is 18.4. The molecule has 48 heavy (non-hydrogen) atoms. The average Bonchev–Trinajstić information content (AvgIpc) is 3.86. The van der Waals surface area contributed by atoms with Crippen molar-refractivity contribution in [1.82, 2.24) is 25.1 Å². The van der Waals surface area contributed by atoms with Crippen molar-refractivity contribution < 1.29 is 23.5 Å². The van der Waals surface area contributed by atoms with Gasteiger partial charge in [0.25, 0.3) is 0 Å².